The quantitative estimate of drug-likeness (QED) is 0.834. The van der Waals surface area contributed by atoms with Crippen molar-refractivity contribution in [2.24, 2.45) is 5.41 Å². The van der Waals surface area contributed by atoms with Gasteiger partial charge in [0.1, 0.15) is 18.2 Å². The molecule has 1 aliphatic rings. The minimum absolute atomic E-state index is 0.0812. The average molecular weight is 302 g/mol. The Morgan fingerprint density at radius 1 is 1.29 bits per heavy atom. The maximum atomic E-state index is 13.2. The molecule has 0 aliphatic carbocycles. The highest BCUT2D eigenvalue weighted by Gasteiger charge is 2.36. The molecule has 4 heteroatoms. The third-order valence-corrected chi connectivity index (χ3v) is 4.06. The van der Waals surface area contributed by atoms with Crippen molar-refractivity contribution in [1.82, 2.24) is 0 Å². The number of halogens is 2. The summed E-state index contributed by atoms with van der Waals surface area (Å²) < 4.78 is 19.0. The third kappa shape index (κ3) is 2.72. The van der Waals surface area contributed by atoms with Gasteiger partial charge in [0.25, 0.3) is 0 Å². The number of hydrogen-bond donors (Lipinski definition) is 0. The van der Waals surface area contributed by atoms with E-state index in [-0.39, 0.29) is 5.02 Å². The van der Waals surface area contributed by atoms with Gasteiger partial charge in [0.2, 0.25) is 0 Å². The molecule has 0 aromatic heterocycles. The largest absolute Gasteiger partial charge is 0.492 e. The molecular formula is C17H13ClFNO. The van der Waals surface area contributed by atoms with E-state index in [0.717, 1.165) is 16.9 Å². The molecule has 0 saturated heterocycles. The molecule has 1 unspecified atom stereocenters. The lowest BCUT2D eigenvalue weighted by Gasteiger charge is -2.32. The maximum absolute atomic E-state index is 13.2. The fraction of sp³-hybridized carbons (Fsp3) is 0.235. The number of nitrogens with zero attached hydrogens (tertiary/aromatic N) is 1. The van der Waals surface area contributed by atoms with Crippen LogP contribution in [0.4, 0.5) is 4.39 Å². The van der Waals surface area contributed by atoms with Crippen molar-refractivity contribution in [2.45, 2.75) is 12.8 Å². The Labute approximate surface area is 127 Å². The van der Waals surface area contributed by atoms with E-state index in [9.17, 15) is 9.65 Å². The summed E-state index contributed by atoms with van der Waals surface area (Å²) in [7, 11) is 0. The zero-order valence-corrected chi connectivity index (χ0v) is 12.0. The van der Waals surface area contributed by atoms with Crippen molar-refractivity contribution in [1.29, 1.82) is 5.26 Å². The summed E-state index contributed by atoms with van der Waals surface area (Å²) >= 11 is 5.81. The van der Waals surface area contributed by atoms with Crippen LogP contribution in [0.3, 0.4) is 0 Å². The molecule has 0 radical (unpaired) electrons. The van der Waals surface area contributed by atoms with Crippen LogP contribution < -0.4 is 4.74 Å². The highest BCUT2D eigenvalue weighted by Crippen LogP contribution is 2.37. The summed E-state index contributed by atoms with van der Waals surface area (Å²) in [5.41, 5.74) is 1.22. The Morgan fingerprint density at radius 2 is 2.10 bits per heavy atom. The zero-order valence-electron chi connectivity index (χ0n) is 11.3. The molecule has 3 rings (SSSR count). The Balaban J connectivity index is 1.89. The van der Waals surface area contributed by atoms with Gasteiger partial charge in [-0.05, 0) is 42.2 Å². The van der Waals surface area contributed by atoms with E-state index in [0.29, 0.717) is 19.4 Å². The number of hydrogen-bond acceptors (Lipinski definition) is 2. The average Bonchev–Trinajstić information content (AvgIpc) is 2.51. The molecule has 1 aliphatic heterocycles. The van der Waals surface area contributed by atoms with Gasteiger partial charge in [-0.15, -0.1) is 0 Å². The molecule has 21 heavy (non-hydrogen) atoms. The van der Waals surface area contributed by atoms with Gasteiger partial charge >= 0.3 is 0 Å². The molecule has 1 heterocycles. The van der Waals surface area contributed by atoms with E-state index in [1.165, 1.54) is 6.07 Å². The Bertz CT molecular complexity index is 725. The first kappa shape index (κ1) is 13.9. The van der Waals surface area contributed by atoms with E-state index in [4.69, 9.17) is 16.3 Å². The molecule has 2 nitrogen and oxygen atoms in total. The molecule has 2 aromatic carbocycles. The van der Waals surface area contributed by atoms with Crippen LogP contribution in [0.2, 0.25) is 5.02 Å². The summed E-state index contributed by atoms with van der Waals surface area (Å²) in [5, 5.41) is 9.70. The smallest absolute Gasteiger partial charge is 0.141 e. The molecule has 0 amide bonds. The standard InChI is InChI=1S/C17H13ClFNO/c18-14-7-12(5-6-15(14)19)8-17(10-20)9-13-3-1-2-4-16(13)21-11-17/h1-7H,8-9,11H2. The van der Waals surface area contributed by atoms with Crippen LogP contribution in [0.25, 0.3) is 0 Å². The van der Waals surface area contributed by atoms with Crippen LogP contribution in [-0.4, -0.2) is 6.61 Å². The fourth-order valence-electron chi connectivity index (χ4n) is 2.69. The summed E-state index contributed by atoms with van der Waals surface area (Å²) in [6, 6.07) is 14.7. The molecule has 0 saturated carbocycles. The first-order valence-corrected chi connectivity index (χ1v) is 7.06. The third-order valence-electron chi connectivity index (χ3n) is 3.77. The highest BCUT2D eigenvalue weighted by molar-refractivity contribution is 6.30. The predicted molar refractivity (Wildman–Crippen MR) is 78.8 cm³/mol. The molecule has 0 N–H and O–H groups in total. The van der Waals surface area contributed by atoms with E-state index in [2.05, 4.69) is 6.07 Å². The lowest BCUT2D eigenvalue weighted by atomic mass is 9.77. The molecule has 0 bridgehead atoms. The van der Waals surface area contributed by atoms with E-state index < -0.39 is 11.2 Å². The Morgan fingerprint density at radius 3 is 2.86 bits per heavy atom. The molecule has 0 fully saturated rings. The molecule has 2 aromatic rings. The van der Waals surface area contributed by atoms with Gasteiger partial charge in [-0.2, -0.15) is 5.26 Å². The highest BCUT2D eigenvalue weighted by atomic mass is 35.5. The number of rotatable bonds is 2. The van der Waals surface area contributed by atoms with Gasteiger partial charge in [0.15, 0.2) is 0 Å². The van der Waals surface area contributed by atoms with Crippen LogP contribution in [0, 0.1) is 22.6 Å². The van der Waals surface area contributed by atoms with Crippen LogP contribution >= 0.6 is 11.6 Å². The second-order valence-electron chi connectivity index (χ2n) is 5.39. The van der Waals surface area contributed by atoms with E-state index in [1.807, 2.05) is 24.3 Å². The van der Waals surface area contributed by atoms with Gasteiger partial charge in [-0.3, -0.25) is 0 Å². The second-order valence-corrected chi connectivity index (χ2v) is 5.80. The predicted octanol–water partition coefficient (Wildman–Crippen LogP) is 4.17. The van der Waals surface area contributed by atoms with Crippen LogP contribution in [0.5, 0.6) is 5.75 Å². The van der Waals surface area contributed by atoms with Crippen LogP contribution in [-0.2, 0) is 12.8 Å². The van der Waals surface area contributed by atoms with Crippen molar-refractivity contribution in [2.75, 3.05) is 6.61 Å². The fourth-order valence-corrected chi connectivity index (χ4v) is 2.89. The van der Waals surface area contributed by atoms with E-state index in [1.54, 1.807) is 12.1 Å². The van der Waals surface area contributed by atoms with Crippen molar-refractivity contribution in [3.05, 3.63) is 64.4 Å². The van der Waals surface area contributed by atoms with Gasteiger partial charge < -0.3 is 4.74 Å². The van der Waals surface area contributed by atoms with Crippen LogP contribution in [0.1, 0.15) is 11.1 Å². The summed E-state index contributed by atoms with van der Waals surface area (Å²) in [6.07, 6.45) is 1.10. The maximum Gasteiger partial charge on any atom is 0.141 e. The monoisotopic (exact) mass is 301 g/mol. The van der Waals surface area contributed by atoms with Crippen molar-refractivity contribution in [3.63, 3.8) is 0 Å². The molecule has 106 valence electrons. The summed E-state index contributed by atoms with van der Waals surface area (Å²) in [6.45, 7) is 0.329. The second kappa shape index (κ2) is 5.38. The van der Waals surface area contributed by atoms with Crippen molar-refractivity contribution in [3.8, 4) is 11.8 Å². The van der Waals surface area contributed by atoms with Gasteiger partial charge in [-0.25, -0.2) is 4.39 Å². The number of ether oxygens (including phenoxy) is 1. The Kier molecular flexibility index (Phi) is 3.57. The van der Waals surface area contributed by atoms with Crippen molar-refractivity contribution >= 4 is 11.6 Å². The molecule has 0 spiro atoms. The first-order valence-electron chi connectivity index (χ1n) is 6.68. The van der Waals surface area contributed by atoms with Gasteiger partial charge in [0.05, 0.1) is 16.5 Å². The van der Waals surface area contributed by atoms with E-state index >= 15 is 0 Å². The number of nitriles is 1. The van der Waals surface area contributed by atoms with Crippen molar-refractivity contribution < 1.29 is 9.13 Å². The molecular weight excluding hydrogens is 289 g/mol. The minimum atomic E-state index is -0.643. The number of para-hydroxylation sites is 1. The number of fused-ring (bicyclic) bond motifs is 1. The summed E-state index contributed by atoms with van der Waals surface area (Å²) in [4.78, 5) is 0. The lowest BCUT2D eigenvalue weighted by molar-refractivity contribution is 0.169. The van der Waals surface area contributed by atoms with Gasteiger partial charge in [-0.1, -0.05) is 35.9 Å². The first-order chi connectivity index (χ1) is 10.1. The number of benzene rings is 2. The zero-order chi connectivity index (χ0) is 14.9. The van der Waals surface area contributed by atoms with Gasteiger partial charge in [0, 0.05) is 0 Å². The summed E-state index contributed by atoms with van der Waals surface area (Å²) in [5.74, 6) is 0.386. The lowest BCUT2D eigenvalue weighted by Crippen LogP contribution is -2.35. The topological polar surface area (TPSA) is 33.0 Å². The SMILES string of the molecule is N#CC1(Cc2ccc(F)c(Cl)c2)COc2ccccc2C1. The minimum Gasteiger partial charge on any atom is -0.492 e. The Hall–Kier alpha value is -2.05. The normalized spacial score (nSPS) is 20.2. The van der Waals surface area contributed by atoms with Crippen LogP contribution in [0.15, 0.2) is 42.5 Å². The molecule has 1 atom stereocenters.